The van der Waals surface area contributed by atoms with Crippen LogP contribution in [-0.2, 0) is 13.2 Å². The van der Waals surface area contributed by atoms with Gasteiger partial charge in [0.05, 0.1) is 26.0 Å². The lowest BCUT2D eigenvalue weighted by atomic mass is 10.0. The number of methoxy groups -OCH3 is 1. The van der Waals surface area contributed by atoms with Crippen LogP contribution in [0.4, 0.5) is 4.39 Å². The van der Waals surface area contributed by atoms with Crippen LogP contribution in [0.1, 0.15) is 11.3 Å². The van der Waals surface area contributed by atoms with Crippen molar-refractivity contribution in [3.8, 4) is 22.6 Å². The van der Waals surface area contributed by atoms with E-state index in [0.29, 0.717) is 41.3 Å². The Labute approximate surface area is 151 Å². The number of benzene rings is 2. The van der Waals surface area contributed by atoms with Gasteiger partial charge < -0.3 is 14.6 Å². The molecule has 0 radical (unpaired) electrons. The molecule has 1 heterocycles. The van der Waals surface area contributed by atoms with Gasteiger partial charge >= 0.3 is 0 Å². The minimum absolute atomic E-state index is 0.149. The Bertz CT molecular complexity index is 893. The molecular formula is C20H21FN2O3. The Morgan fingerprint density at radius 3 is 2.62 bits per heavy atom. The van der Waals surface area contributed by atoms with E-state index in [1.54, 1.807) is 42.1 Å². The van der Waals surface area contributed by atoms with Crippen LogP contribution in [0.15, 0.2) is 48.7 Å². The first-order valence-corrected chi connectivity index (χ1v) is 8.30. The number of aromatic nitrogens is 2. The standard InChI is InChI=1S/C20H21FN2O3/c1-14-5-6-23(22-14)7-8-26-18-11-16(10-17(12-18)25-2)19-9-15(13-24)3-4-20(19)21/h3-6,9-12,24H,7-8,13H2,1-2H3. The summed E-state index contributed by atoms with van der Waals surface area (Å²) in [6.45, 7) is 2.81. The SMILES string of the molecule is COc1cc(OCCn2ccc(C)n2)cc(-c2cc(CO)ccc2F)c1. The zero-order valence-electron chi connectivity index (χ0n) is 14.8. The fraction of sp³-hybridized carbons (Fsp3) is 0.250. The van der Waals surface area contributed by atoms with Gasteiger partial charge in [0.15, 0.2) is 0 Å². The highest BCUT2D eigenvalue weighted by atomic mass is 19.1. The van der Waals surface area contributed by atoms with Crippen molar-refractivity contribution in [3.63, 3.8) is 0 Å². The third-order valence-corrected chi connectivity index (χ3v) is 4.00. The third-order valence-electron chi connectivity index (χ3n) is 4.00. The van der Waals surface area contributed by atoms with Crippen LogP contribution in [0.5, 0.6) is 11.5 Å². The maximum absolute atomic E-state index is 14.3. The number of nitrogens with zero attached hydrogens (tertiary/aromatic N) is 2. The maximum atomic E-state index is 14.3. The summed E-state index contributed by atoms with van der Waals surface area (Å²) in [5.41, 5.74) is 2.61. The third kappa shape index (κ3) is 4.21. The predicted molar refractivity (Wildman–Crippen MR) is 96.8 cm³/mol. The Kier molecular flexibility index (Phi) is 5.53. The van der Waals surface area contributed by atoms with Crippen LogP contribution in [0.25, 0.3) is 11.1 Å². The van der Waals surface area contributed by atoms with Gasteiger partial charge in [-0.25, -0.2) is 4.39 Å². The lowest BCUT2D eigenvalue weighted by Crippen LogP contribution is -2.08. The van der Waals surface area contributed by atoms with Crippen LogP contribution >= 0.6 is 0 Å². The van der Waals surface area contributed by atoms with Gasteiger partial charge in [0, 0.05) is 17.8 Å². The summed E-state index contributed by atoms with van der Waals surface area (Å²) in [5, 5.41) is 13.6. The van der Waals surface area contributed by atoms with Crippen LogP contribution in [0, 0.1) is 12.7 Å². The van der Waals surface area contributed by atoms with E-state index >= 15 is 0 Å². The van der Waals surface area contributed by atoms with Gasteiger partial charge in [0.1, 0.15) is 23.9 Å². The molecule has 0 fully saturated rings. The van der Waals surface area contributed by atoms with Crippen LogP contribution < -0.4 is 9.47 Å². The Morgan fingerprint density at radius 1 is 1.12 bits per heavy atom. The van der Waals surface area contributed by atoms with Crippen LogP contribution in [0.3, 0.4) is 0 Å². The summed E-state index contributed by atoms with van der Waals surface area (Å²) >= 11 is 0. The molecule has 136 valence electrons. The van der Waals surface area contributed by atoms with Gasteiger partial charge in [-0.15, -0.1) is 0 Å². The summed E-state index contributed by atoms with van der Waals surface area (Å²) in [7, 11) is 1.55. The molecule has 6 heteroatoms. The van der Waals surface area contributed by atoms with Crippen molar-refractivity contribution in [1.82, 2.24) is 9.78 Å². The van der Waals surface area contributed by atoms with Crippen molar-refractivity contribution < 1.29 is 19.0 Å². The number of hydrogen-bond acceptors (Lipinski definition) is 4. The molecule has 3 aromatic rings. The predicted octanol–water partition coefficient (Wildman–Crippen LogP) is 3.58. The second-order valence-electron chi connectivity index (χ2n) is 5.94. The molecule has 0 aliphatic heterocycles. The van der Waals surface area contributed by atoms with Gasteiger partial charge in [-0.05, 0) is 48.4 Å². The van der Waals surface area contributed by atoms with E-state index in [2.05, 4.69) is 5.10 Å². The minimum atomic E-state index is -0.367. The van der Waals surface area contributed by atoms with Crippen LogP contribution in [-0.4, -0.2) is 28.6 Å². The van der Waals surface area contributed by atoms with E-state index in [1.807, 2.05) is 19.2 Å². The van der Waals surface area contributed by atoms with Crippen molar-refractivity contribution in [2.24, 2.45) is 0 Å². The van der Waals surface area contributed by atoms with Gasteiger partial charge in [0.2, 0.25) is 0 Å². The largest absolute Gasteiger partial charge is 0.497 e. The van der Waals surface area contributed by atoms with Gasteiger partial charge in [0.25, 0.3) is 0 Å². The number of hydrogen-bond donors (Lipinski definition) is 1. The van der Waals surface area contributed by atoms with Crippen LogP contribution in [0.2, 0.25) is 0 Å². The molecule has 0 aliphatic rings. The second kappa shape index (κ2) is 8.01. The van der Waals surface area contributed by atoms with Crippen molar-refractivity contribution in [1.29, 1.82) is 0 Å². The molecule has 26 heavy (non-hydrogen) atoms. The van der Waals surface area contributed by atoms with Crippen molar-refractivity contribution in [2.75, 3.05) is 13.7 Å². The summed E-state index contributed by atoms with van der Waals surface area (Å²) < 4.78 is 27.2. The van der Waals surface area contributed by atoms with E-state index in [1.165, 1.54) is 6.07 Å². The molecule has 0 aliphatic carbocycles. The lowest BCUT2D eigenvalue weighted by molar-refractivity contribution is 0.282. The first-order valence-electron chi connectivity index (χ1n) is 8.30. The molecule has 0 bridgehead atoms. The van der Waals surface area contributed by atoms with Crippen molar-refractivity contribution in [3.05, 3.63) is 65.7 Å². The molecule has 0 atom stereocenters. The first kappa shape index (κ1) is 17.9. The minimum Gasteiger partial charge on any atom is -0.497 e. The smallest absolute Gasteiger partial charge is 0.131 e. The lowest BCUT2D eigenvalue weighted by Gasteiger charge is -2.12. The number of halogens is 1. The van der Waals surface area contributed by atoms with Crippen molar-refractivity contribution >= 4 is 0 Å². The highest BCUT2D eigenvalue weighted by Gasteiger charge is 2.10. The molecule has 0 spiro atoms. The van der Waals surface area contributed by atoms with E-state index in [4.69, 9.17) is 9.47 Å². The van der Waals surface area contributed by atoms with Gasteiger partial charge in [-0.2, -0.15) is 5.10 Å². The quantitative estimate of drug-likeness (QED) is 0.703. The average molecular weight is 356 g/mol. The summed E-state index contributed by atoms with van der Waals surface area (Å²) in [6, 6.07) is 11.7. The number of ether oxygens (including phenoxy) is 2. The fourth-order valence-corrected chi connectivity index (χ4v) is 2.67. The Morgan fingerprint density at radius 2 is 1.92 bits per heavy atom. The molecule has 2 aromatic carbocycles. The molecule has 1 aromatic heterocycles. The number of rotatable bonds is 7. The molecule has 0 amide bonds. The highest BCUT2D eigenvalue weighted by Crippen LogP contribution is 2.32. The summed E-state index contributed by atoms with van der Waals surface area (Å²) in [5.74, 6) is 0.784. The zero-order valence-corrected chi connectivity index (χ0v) is 14.8. The van der Waals surface area contributed by atoms with E-state index in [0.717, 1.165) is 5.69 Å². The van der Waals surface area contributed by atoms with E-state index < -0.39 is 0 Å². The van der Waals surface area contributed by atoms with Gasteiger partial charge in [-0.1, -0.05) is 6.07 Å². The zero-order chi connectivity index (χ0) is 18.5. The monoisotopic (exact) mass is 356 g/mol. The number of aliphatic hydroxyl groups excluding tert-OH is 1. The fourth-order valence-electron chi connectivity index (χ4n) is 2.67. The Hall–Kier alpha value is -2.86. The van der Waals surface area contributed by atoms with E-state index in [-0.39, 0.29) is 12.4 Å². The molecule has 3 rings (SSSR count). The second-order valence-corrected chi connectivity index (χ2v) is 5.94. The average Bonchev–Trinajstić information content (AvgIpc) is 3.07. The first-order chi connectivity index (χ1) is 12.6. The van der Waals surface area contributed by atoms with E-state index in [9.17, 15) is 9.50 Å². The highest BCUT2D eigenvalue weighted by molar-refractivity contribution is 5.68. The topological polar surface area (TPSA) is 56.5 Å². The molecule has 0 saturated carbocycles. The normalized spacial score (nSPS) is 10.8. The van der Waals surface area contributed by atoms with Gasteiger partial charge in [-0.3, -0.25) is 4.68 Å². The molecule has 0 unspecified atom stereocenters. The van der Waals surface area contributed by atoms with Crippen molar-refractivity contribution in [2.45, 2.75) is 20.1 Å². The molecular weight excluding hydrogens is 335 g/mol. The summed E-state index contributed by atoms with van der Waals surface area (Å²) in [6.07, 6.45) is 1.89. The molecule has 5 nitrogen and oxygen atoms in total. The Balaban J connectivity index is 1.82. The number of aryl methyl sites for hydroxylation is 1. The molecule has 1 N–H and O–H groups in total. The number of aliphatic hydroxyl groups is 1. The molecule has 0 saturated heterocycles. The summed E-state index contributed by atoms with van der Waals surface area (Å²) in [4.78, 5) is 0. The maximum Gasteiger partial charge on any atom is 0.131 e.